The van der Waals surface area contributed by atoms with Gasteiger partial charge in [-0.2, -0.15) is 11.3 Å². The Morgan fingerprint density at radius 3 is 2.58 bits per heavy atom. The first kappa shape index (κ1) is 13.3. The summed E-state index contributed by atoms with van der Waals surface area (Å²) in [7, 11) is 0. The minimum Gasteiger partial charge on any atom is -0.452 e. The van der Waals surface area contributed by atoms with Gasteiger partial charge in [-0.25, -0.2) is 0 Å². The summed E-state index contributed by atoms with van der Waals surface area (Å²) in [5.41, 5.74) is 5.57. The molecule has 0 N–H and O–H groups in total. The molecule has 0 aliphatic carbocycles. The number of hydrogen-bond acceptors (Lipinski definition) is 3. The fourth-order valence-electron chi connectivity index (χ4n) is 1.85. The van der Waals surface area contributed by atoms with Gasteiger partial charge < -0.3 is 4.74 Å². The van der Waals surface area contributed by atoms with E-state index in [0.29, 0.717) is 0 Å². The van der Waals surface area contributed by atoms with E-state index in [9.17, 15) is 4.79 Å². The lowest BCUT2D eigenvalue weighted by Gasteiger charge is -2.18. The van der Waals surface area contributed by atoms with Crippen LogP contribution in [0.25, 0.3) is 5.57 Å². The van der Waals surface area contributed by atoms with E-state index in [1.54, 1.807) is 11.3 Å². The van der Waals surface area contributed by atoms with Crippen molar-refractivity contribution in [1.82, 2.24) is 0 Å². The Labute approximate surface area is 116 Å². The standard InChI is InChI=1S/C16H14O2S/c1-3-15(13-7-5-4-6-8-13)16(18-12(2)17)14-9-10-19-11-14/h4-11,16H,1H2,2H3. The Balaban J connectivity index is 2.42. The van der Waals surface area contributed by atoms with Crippen LogP contribution >= 0.6 is 11.3 Å². The van der Waals surface area contributed by atoms with Crippen molar-refractivity contribution in [1.29, 1.82) is 0 Å². The van der Waals surface area contributed by atoms with Crippen LogP contribution in [0.15, 0.2) is 59.5 Å². The highest BCUT2D eigenvalue weighted by Crippen LogP contribution is 2.33. The molecule has 0 spiro atoms. The topological polar surface area (TPSA) is 26.3 Å². The van der Waals surface area contributed by atoms with Crippen LogP contribution in [0, 0.1) is 0 Å². The molecule has 0 bridgehead atoms. The third kappa shape index (κ3) is 3.22. The quantitative estimate of drug-likeness (QED) is 0.614. The average Bonchev–Trinajstić information content (AvgIpc) is 2.93. The molecule has 1 aromatic carbocycles. The van der Waals surface area contributed by atoms with E-state index in [-0.39, 0.29) is 5.97 Å². The highest BCUT2D eigenvalue weighted by atomic mass is 32.1. The Kier molecular flexibility index (Phi) is 4.35. The zero-order valence-corrected chi connectivity index (χ0v) is 11.4. The molecule has 0 saturated heterocycles. The molecular weight excluding hydrogens is 256 g/mol. The first-order valence-corrected chi connectivity index (χ1v) is 6.81. The van der Waals surface area contributed by atoms with Crippen molar-refractivity contribution in [2.75, 3.05) is 0 Å². The summed E-state index contributed by atoms with van der Waals surface area (Å²) in [5.74, 6) is -0.320. The van der Waals surface area contributed by atoms with Gasteiger partial charge in [-0.05, 0) is 22.4 Å². The van der Waals surface area contributed by atoms with E-state index < -0.39 is 6.10 Å². The van der Waals surface area contributed by atoms with Crippen LogP contribution in [0.4, 0.5) is 0 Å². The second-order valence-corrected chi connectivity index (χ2v) is 4.78. The lowest BCUT2D eigenvalue weighted by Crippen LogP contribution is -2.09. The molecule has 19 heavy (non-hydrogen) atoms. The van der Waals surface area contributed by atoms with Gasteiger partial charge in [-0.3, -0.25) is 4.79 Å². The number of rotatable bonds is 4. The molecule has 1 aromatic heterocycles. The third-order valence-corrected chi connectivity index (χ3v) is 3.37. The zero-order chi connectivity index (χ0) is 13.7. The van der Waals surface area contributed by atoms with E-state index in [1.165, 1.54) is 6.92 Å². The van der Waals surface area contributed by atoms with Crippen molar-refractivity contribution < 1.29 is 9.53 Å². The van der Waals surface area contributed by atoms with Crippen molar-refractivity contribution in [3.63, 3.8) is 0 Å². The lowest BCUT2D eigenvalue weighted by atomic mass is 9.97. The molecule has 0 aliphatic heterocycles. The van der Waals surface area contributed by atoms with Gasteiger partial charge in [0.1, 0.15) is 0 Å². The number of thiophene rings is 1. The Hall–Kier alpha value is -2.09. The van der Waals surface area contributed by atoms with E-state index in [4.69, 9.17) is 4.74 Å². The highest BCUT2D eigenvalue weighted by Gasteiger charge is 2.21. The molecule has 0 saturated carbocycles. The number of ether oxygens (including phenoxy) is 1. The normalized spacial score (nSPS) is 11.4. The van der Waals surface area contributed by atoms with Gasteiger partial charge in [0.2, 0.25) is 0 Å². The number of hydrogen-bond donors (Lipinski definition) is 0. The summed E-state index contributed by atoms with van der Waals surface area (Å²) >= 11 is 1.57. The largest absolute Gasteiger partial charge is 0.452 e. The summed E-state index contributed by atoms with van der Waals surface area (Å²) in [4.78, 5) is 11.3. The van der Waals surface area contributed by atoms with Gasteiger partial charge in [0.25, 0.3) is 0 Å². The summed E-state index contributed by atoms with van der Waals surface area (Å²) < 4.78 is 5.43. The number of carbonyl (C=O) groups is 1. The number of esters is 1. The van der Waals surface area contributed by atoms with Crippen LogP contribution in [0.5, 0.6) is 0 Å². The molecule has 1 heterocycles. The SMILES string of the molecule is C=C=C(c1ccccc1)C(OC(C)=O)c1ccsc1. The maximum atomic E-state index is 11.3. The second-order valence-electron chi connectivity index (χ2n) is 4.00. The van der Waals surface area contributed by atoms with E-state index in [0.717, 1.165) is 16.7 Å². The first-order valence-electron chi connectivity index (χ1n) is 5.87. The fraction of sp³-hybridized carbons (Fsp3) is 0.125. The van der Waals surface area contributed by atoms with E-state index >= 15 is 0 Å². The molecule has 2 aromatic rings. The predicted octanol–water partition coefficient (Wildman–Crippen LogP) is 4.22. The maximum Gasteiger partial charge on any atom is 0.303 e. The van der Waals surface area contributed by atoms with Gasteiger partial charge >= 0.3 is 5.97 Å². The molecule has 2 rings (SSSR count). The Bertz CT molecular complexity index is 593. The second kappa shape index (κ2) is 6.19. The summed E-state index contributed by atoms with van der Waals surface area (Å²) in [5, 5.41) is 3.92. The Morgan fingerprint density at radius 1 is 1.32 bits per heavy atom. The minimum atomic E-state index is -0.455. The van der Waals surface area contributed by atoms with Crippen LogP contribution < -0.4 is 0 Å². The predicted molar refractivity (Wildman–Crippen MR) is 77.8 cm³/mol. The highest BCUT2D eigenvalue weighted by molar-refractivity contribution is 7.08. The van der Waals surface area contributed by atoms with Crippen LogP contribution in [-0.4, -0.2) is 5.97 Å². The van der Waals surface area contributed by atoms with Crippen LogP contribution in [0.2, 0.25) is 0 Å². The summed E-state index contributed by atoms with van der Waals surface area (Å²) in [6.45, 7) is 5.13. The van der Waals surface area contributed by atoms with Crippen LogP contribution in [-0.2, 0) is 9.53 Å². The van der Waals surface area contributed by atoms with Crippen molar-refractivity contribution in [3.8, 4) is 0 Å². The van der Waals surface area contributed by atoms with E-state index in [1.807, 2.05) is 47.2 Å². The van der Waals surface area contributed by atoms with Crippen molar-refractivity contribution in [2.24, 2.45) is 0 Å². The minimum absolute atomic E-state index is 0.320. The molecule has 3 heteroatoms. The molecule has 0 fully saturated rings. The zero-order valence-electron chi connectivity index (χ0n) is 10.6. The summed E-state index contributed by atoms with van der Waals surface area (Å²) in [6.07, 6.45) is -0.455. The van der Waals surface area contributed by atoms with Gasteiger partial charge in [-0.15, -0.1) is 5.73 Å². The van der Waals surface area contributed by atoms with E-state index in [2.05, 4.69) is 12.3 Å². The smallest absolute Gasteiger partial charge is 0.303 e. The van der Waals surface area contributed by atoms with Gasteiger partial charge in [0.05, 0.1) is 0 Å². The first-order chi connectivity index (χ1) is 9.22. The van der Waals surface area contributed by atoms with Gasteiger partial charge in [0.15, 0.2) is 6.10 Å². The molecule has 0 radical (unpaired) electrons. The lowest BCUT2D eigenvalue weighted by molar-refractivity contribution is -0.144. The fourth-order valence-corrected chi connectivity index (χ4v) is 2.52. The van der Waals surface area contributed by atoms with Crippen molar-refractivity contribution >= 4 is 22.9 Å². The number of benzene rings is 1. The van der Waals surface area contributed by atoms with Crippen molar-refractivity contribution in [2.45, 2.75) is 13.0 Å². The number of carbonyl (C=O) groups excluding carboxylic acids is 1. The monoisotopic (exact) mass is 270 g/mol. The van der Waals surface area contributed by atoms with Crippen molar-refractivity contribution in [3.05, 3.63) is 70.6 Å². The average molecular weight is 270 g/mol. The molecule has 0 aliphatic rings. The molecular formula is C16H14O2S. The Morgan fingerprint density at radius 2 is 2.05 bits per heavy atom. The molecule has 1 atom stereocenters. The molecule has 96 valence electrons. The molecule has 2 nitrogen and oxygen atoms in total. The molecule has 1 unspecified atom stereocenters. The van der Waals surface area contributed by atoms with Gasteiger partial charge in [0, 0.05) is 18.1 Å². The van der Waals surface area contributed by atoms with Crippen LogP contribution in [0.1, 0.15) is 24.2 Å². The third-order valence-electron chi connectivity index (χ3n) is 2.67. The van der Waals surface area contributed by atoms with Crippen LogP contribution in [0.3, 0.4) is 0 Å². The maximum absolute atomic E-state index is 11.3. The van der Waals surface area contributed by atoms with Gasteiger partial charge in [-0.1, -0.05) is 36.9 Å². The summed E-state index contributed by atoms with van der Waals surface area (Å²) in [6, 6.07) is 11.7. The molecule has 0 amide bonds.